The first kappa shape index (κ1) is 15.3. The number of benzene rings is 1. The SMILES string of the molecule is O=C(CCOc1ccc(Br)cc1)N[C@H]1CCCC[C@@H]1O. The van der Waals surface area contributed by atoms with Crippen LogP contribution in [0, 0.1) is 0 Å². The fraction of sp³-hybridized carbons (Fsp3) is 0.533. The van der Waals surface area contributed by atoms with Gasteiger partial charge in [0.1, 0.15) is 5.75 Å². The summed E-state index contributed by atoms with van der Waals surface area (Å²) in [4.78, 5) is 11.8. The van der Waals surface area contributed by atoms with Crippen molar-refractivity contribution in [3.8, 4) is 5.75 Å². The minimum Gasteiger partial charge on any atom is -0.493 e. The lowest BCUT2D eigenvalue weighted by molar-refractivity contribution is -0.123. The lowest BCUT2D eigenvalue weighted by atomic mass is 9.92. The van der Waals surface area contributed by atoms with Crippen molar-refractivity contribution in [2.75, 3.05) is 6.61 Å². The highest BCUT2D eigenvalue weighted by Crippen LogP contribution is 2.18. The van der Waals surface area contributed by atoms with Crippen molar-refractivity contribution in [2.45, 2.75) is 44.2 Å². The first-order valence-electron chi connectivity index (χ1n) is 7.01. The average molecular weight is 342 g/mol. The molecule has 0 aromatic heterocycles. The molecule has 0 saturated heterocycles. The maximum absolute atomic E-state index is 11.8. The Hall–Kier alpha value is -1.07. The second-order valence-corrected chi connectivity index (χ2v) is 5.99. The fourth-order valence-corrected chi connectivity index (χ4v) is 2.62. The summed E-state index contributed by atoms with van der Waals surface area (Å²) < 4.78 is 6.50. The Morgan fingerprint density at radius 2 is 2.00 bits per heavy atom. The fourth-order valence-electron chi connectivity index (χ4n) is 2.35. The summed E-state index contributed by atoms with van der Waals surface area (Å²) in [5.74, 6) is 0.687. The van der Waals surface area contributed by atoms with Gasteiger partial charge >= 0.3 is 0 Å². The van der Waals surface area contributed by atoms with Crippen LogP contribution < -0.4 is 10.1 Å². The lowest BCUT2D eigenvalue weighted by Gasteiger charge is -2.28. The maximum atomic E-state index is 11.8. The molecule has 20 heavy (non-hydrogen) atoms. The van der Waals surface area contributed by atoms with Crippen LogP contribution in [0.1, 0.15) is 32.1 Å². The minimum absolute atomic E-state index is 0.0620. The van der Waals surface area contributed by atoms with E-state index < -0.39 is 6.10 Å². The monoisotopic (exact) mass is 341 g/mol. The molecular formula is C15H20BrNO3. The molecule has 1 aromatic rings. The molecule has 0 aliphatic heterocycles. The summed E-state index contributed by atoms with van der Waals surface area (Å²) in [6.45, 7) is 0.344. The Balaban J connectivity index is 1.68. The average Bonchev–Trinajstić information content (AvgIpc) is 2.44. The summed E-state index contributed by atoms with van der Waals surface area (Å²) >= 11 is 3.35. The Bertz CT molecular complexity index is 435. The molecular weight excluding hydrogens is 322 g/mol. The molecule has 1 fully saturated rings. The molecule has 5 heteroatoms. The van der Waals surface area contributed by atoms with Gasteiger partial charge in [-0.1, -0.05) is 28.8 Å². The zero-order chi connectivity index (χ0) is 14.4. The van der Waals surface area contributed by atoms with E-state index in [0.717, 1.165) is 35.9 Å². The number of carbonyl (C=O) groups is 1. The highest BCUT2D eigenvalue weighted by Gasteiger charge is 2.24. The van der Waals surface area contributed by atoms with Crippen LogP contribution in [0.25, 0.3) is 0 Å². The van der Waals surface area contributed by atoms with E-state index in [1.165, 1.54) is 0 Å². The predicted octanol–water partition coefficient (Wildman–Crippen LogP) is 2.64. The number of halogens is 1. The molecule has 1 saturated carbocycles. The third-order valence-electron chi connectivity index (χ3n) is 3.49. The second-order valence-electron chi connectivity index (χ2n) is 5.08. The maximum Gasteiger partial charge on any atom is 0.223 e. The van der Waals surface area contributed by atoms with E-state index in [1.807, 2.05) is 24.3 Å². The first-order valence-corrected chi connectivity index (χ1v) is 7.80. The standard InChI is InChI=1S/C15H20BrNO3/c16-11-5-7-12(8-6-11)20-10-9-15(19)17-13-3-1-2-4-14(13)18/h5-8,13-14,18H,1-4,9-10H2,(H,17,19)/t13-,14-/m0/s1. The van der Waals surface area contributed by atoms with Crippen molar-refractivity contribution in [2.24, 2.45) is 0 Å². The lowest BCUT2D eigenvalue weighted by Crippen LogP contribution is -2.45. The summed E-state index contributed by atoms with van der Waals surface area (Å²) in [5, 5.41) is 12.7. The van der Waals surface area contributed by atoms with Crippen molar-refractivity contribution in [1.29, 1.82) is 0 Å². The largest absolute Gasteiger partial charge is 0.493 e. The molecule has 2 rings (SSSR count). The predicted molar refractivity (Wildman–Crippen MR) is 80.7 cm³/mol. The van der Waals surface area contributed by atoms with Gasteiger partial charge in [-0.25, -0.2) is 0 Å². The number of nitrogens with one attached hydrogen (secondary N) is 1. The molecule has 110 valence electrons. The van der Waals surface area contributed by atoms with Crippen LogP contribution in [0.15, 0.2) is 28.7 Å². The number of hydrogen-bond acceptors (Lipinski definition) is 3. The van der Waals surface area contributed by atoms with Gasteiger partial charge in [-0.15, -0.1) is 0 Å². The van der Waals surface area contributed by atoms with E-state index in [0.29, 0.717) is 13.0 Å². The van der Waals surface area contributed by atoms with Gasteiger partial charge in [-0.3, -0.25) is 4.79 Å². The normalized spacial score (nSPS) is 22.3. The zero-order valence-corrected chi connectivity index (χ0v) is 12.9. The van der Waals surface area contributed by atoms with Crippen molar-refractivity contribution in [3.05, 3.63) is 28.7 Å². The Morgan fingerprint density at radius 1 is 1.30 bits per heavy atom. The van der Waals surface area contributed by atoms with Gasteiger partial charge in [0, 0.05) is 4.47 Å². The Labute approximate surface area is 127 Å². The highest BCUT2D eigenvalue weighted by atomic mass is 79.9. The number of aliphatic hydroxyl groups is 1. The van der Waals surface area contributed by atoms with Crippen LogP contribution in [0.4, 0.5) is 0 Å². The van der Waals surface area contributed by atoms with Crippen LogP contribution in [-0.2, 0) is 4.79 Å². The van der Waals surface area contributed by atoms with E-state index in [4.69, 9.17) is 4.74 Å². The highest BCUT2D eigenvalue weighted by molar-refractivity contribution is 9.10. The Kier molecular flexibility index (Phi) is 5.86. The summed E-state index contributed by atoms with van der Waals surface area (Å²) in [6.07, 6.45) is 3.65. The summed E-state index contributed by atoms with van der Waals surface area (Å²) in [5.41, 5.74) is 0. The van der Waals surface area contributed by atoms with Gasteiger partial charge < -0.3 is 15.2 Å². The summed E-state index contributed by atoms with van der Waals surface area (Å²) in [7, 11) is 0. The molecule has 1 aromatic carbocycles. The zero-order valence-electron chi connectivity index (χ0n) is 11.3. The van der Waals surface area contributed by atoms with Gasteiger partial charge in [0.2, 0.25) is 5.91 Å². The van der Waals surface area contributed by atoms with Crippen LogP contribution in [0.2, 0.25) is 0 Å². The molecule has 2 N–H and O–H groups in total. The number of aliphatic hydroxyl groups excluding tert-OH is 1. The first-order chi connectivity index (χ1) is 9.65. The van der Waals surface area contributed by atoms with E-state index in [9.17, 15) is 9.90 Å². The van der Waals surface area contributed by atoms with Crippen LogP contribution in [-0.4, -0.2) is 29.8 Å². The van der Waals surface area contributed by atoms with Crippen molar-refractivity contribution in [3.63, 3.8) is 0 Å². The van der Waals surface area contributed by atoms with E-state index in [2.05, 4.69) is 21.2 Å². The van der Waals surface area contributed by atoms with Crippen LogP contribution in [0.3, 0.4) is 0 Å². The number of hydrogen-bond donors (Lipinski definition) is 2. The van der Waals surface area contributed by atoms with Crippen molar-refractivity contribution >= 4 is 21.8 Å². The van der Waals surface area contributed by atoms with Gasteiger partial charge in [0.15, 0.2) is 0 Å². The number of ether oxygens (including phenoxy) is 1. The molecule has 4 nitrogen and oxygen atoms in total. The third kappa shape index (κ3) is 4.80. The molecule has 1 aliphatic carbocycles. The molecule has 0 spiro atoms. The van der Waals surface area contributed by atoms with Gasteiger partial charge in [0.25, 0.3) is 0 Å². The van der Waals surface area contributed by atoms with E-state index >= 15 is 0 Å². The molecule has 0 heterocycles. The molecule has 0 unspecified atom stereocenters. The van der Waals surface area contributed by atoms with Crippen LogP contribution in [0.5, 0.6) is 5.75 Å². The van der Waals surface area contributed by atoms with Crippen molar-refractivity contribution < 1.29 is 14.6 Å². The molecule has 1 amide bonds. The smallest absolute Gasteiger partial charge is 0.223 e. The molecule has 0 radical (unpaired) electrons. The second kappa shape index (κ2) is 7.64. The van der Waals surface area contributed by atoms with E-state index in [1.54, 1.807) is 0 Å². The van der Waals surface area contributed by atoms with Gasteiger partial charge in [-0.2, -0.15) is 0 Å². The number of amides is 1. The Morgan fingerprint density at radius 3 is 2.70 bits per heavy atom. The quantitative estimate of drug-likeness (QED) is 0.865. The molecule has 0 bridgehead atoms. The molecule has 2 atom stereocenters. The van der Waals surface area contributed by atoms with Crippen LogP contribution >= 0.6 is 15.9 Å². The van der Waals surface area contributed by atoms with Gasteiger partial charge in [-0.05, 0) is 37.1 Å². The number of carbonyl (C=O) groups excluding carboxylic acids is 1. The molecule has 1 aliphatic rings. The minimum atomic E-state index is -0.403. The number of rotatable bonds is 5. The summed E-state index contributed by atoms with van der Waals surface area (Å²) in [6, 6.07) is 7.41. The third-order valence-corrected chi connectivity index (χ3v) is 4.02. The topological polar surface area (TPSA) is 58.6 Å². The van der Waals surface area contributed by atoms with Gasteiger partial charge in [0.05, 0.1) is 25.2 Å². The van der Waals surface area contributed by atoms with Crippen molar-refractivity contribution in [1.82, 2.24) is 5.32 Å². The van der Waals surface area contributed by atoms with E-state index in [-0.39, 0.29) is 11.9 Å².